The van der Waals surface area contributed by atoms with Gasteiger partial charge in [0.25, 0.3) is 0 Å². The largest absolute Gasteiger partial charge is 0.494 e. The van der Waals surface area contributed by atoms with Gasteiger partial charge in [0.2, 0.25) is 0 Å². The smallest absolute Gasteiger partial charge is 0.159 e. The Kier molecular flexibility index (Phi) is 11.6. The van der Waals surface area contributed by atoms with E-state index in [1.165, 1.54) is 95.5 Å². The first-order chi connectivity index (χ1) is 15.8. The number of aryl methyl sites for hydroxylation is 1. The minimum absolute atomic E-state index is 0.795. The molecule has 1 aliphatic rings. The van der Waals surface area contributed by atoms with Crippen LogP contribution < -0.4 is 4.74 Å². The Hall–Kier alpha value is -1.90. The quantitative estimate of drug-likeness (QED) is 0.247. The highest BCUT2D eigenvalue weighted by Crippen LogP contribution is 2.29. The lowest BCUT2D eigenvalue weighted by atomic mass is 9.99. The van der Waals surface area contributed by atoms with Gasteiger partial charge in [-0.2, -0.15) is 0 Å². The van der Waals surface area contributed by atoms with E-state index < -0.39 is 0 Å². The molecule has 1 aromatic carbocycles. The maximum Gasteiger partial charge on any atom is 0.159 e. The molecule has 32 heavy (non-hydrogen) atoms. The van der Waals surface area contributed by atoms with Crippen LogP contribution in [0, 0.1) is 5.92 Å². The third-order valence-electron chi connectivity index (χ3n) is 6.89. The van der Waals surface area contributed by atoms with Crippen molar-refractivity contribution in [2.75, 3.05) is 6.61 Å². The zero-order valence-electron chi connectivity index (χ0n) is 20.4. The van der Waals surface area contributed by atoms with Crippen LogP contribution in [0.4, 0.5) is 0 Å². The Bertz CT molecular complexity index is 720. The molecule has 1 fully saturated rings. The number of hydrogen-bond acceptors (Lipinski definition) is 3. The number of ether oxygens (including phenoxy) is 1. The fourth-order valence-electron chi connectivity index (χ4n) is 4.82. The number of benzene rings is 1. The highest BCUT2D eigenvalue weighted by Gasteiger charge is 2.13. The predicted molar refractivity (Wildman–Crippen MR) is 135 cm³/mol. The molecular formula is C29H44N2O. The highest BCUT2D eigenvalue weighted by molar-refractivity contribution is 5.55. The number of unbranched alkanes of at least 4 members (excludes halogenated alkanes) is 8. The van der Waals surface area contributed by atoms with Gasteiger partial charge in [0.05, 0.1) is 6.61 Å². The van der Waals surface area contributed by atoms with Gasteiger partial charge in [0.1, 0.15) is 5.75 Å². The molecule has 3 nitrogen and oxygen atoms in total. The number of hydrogen-bond donors (Lipinski definition) is 0. The van der Waals surface area contributed by atoms with Crippen molar-refractivity contribution < 1.29 is 4.74 Å². The average molecular weight is 437 g/mol. The Morgan fingerprint density at radius 2 is 1.44 bits per heavy atom. The third-order valence-corrected chi connectivity index (χ3v) is 6.89. The number of rotatable bonds is 16. The molecule has 0 aliphatic heterocycles. The van der Waals surface area contributed by atoms with Crippen molar-refractivity contribution in [3.8, 4) is 17.1 Å². The summed E-state index contributed by atoms with van der Waals surface area (Å²) < 4.78 is 5.94. The zero-order chi connectivity index (χ0) is 22.3. The molecule has 0 unspecified atom stereocenters. The van der Waals surface area contributed by atoms with Crippen LogP contribution in [-0.2, 0) is 6.42 Å². The Labute approximate surface area is 196 Å². The van der Waals surface area contributed by atoms with E-state index in [2.05, 4.69) is 29.0 Å². The molecule has 3 heteroatoms. The van der Waals surface area contributed by atoms with Gasteiger partial charge in [-0.3, -0.25) is 0 Å². The number of aromatic nitrogens is 2. The first kappa shape index (κ1) is 24.7. The molecule has 1 saturated carbocycles. The molecule has 0 bridgehead atoms. The maximum atomic E-state index is 5.94. The van der Waals surface area contributed by atoms with Crippen LogP contribution in [0.2, 0.25) is 0 Å². The van der Waals surface area contributed by atoms with E-state index in [1.807, 2.05) is 24.5 Å². The summed E-state index contributed by atoms with van der Waals surface area (Å²) in [4.78, 5) is 9.16. The van der Waals surface area contributed by atoms with Crippen LogP contribution in [0.3, 0.4) is 0 Å². The summed E-state index contributed by atoms with van der Waals surface area (Å²) >= 11 is 0. The van der Waals surface area contributed by atoms with Gasteiger partial charge < -0.3 is 4.74 Å². The number of nitrogens with zero attached hydrogens (tertiary/aromatic N) is 2. The van der Waals surface area contributed by atoms with Crippen LogP contribution >= 0.6 is 0 Å². The lowest BCUT2D eigenvalue weighted by Crippen LogP contribution is -1.98. The SMILES string of the molecule is CCCCCCCc1cnc(-c2ccc(OCCCCCCCC3CCCC3)cc2)nc1. The van der Waals surface area contributed by atoms with Crippen LogP contribution in [-0.4, -0.2) is 16.6 Å². The standard InChI is InChI=1S/C29H44N2O/c1-2-3-4-6-10-17-26-23-30-29(31-24-26)27-18-20-28(21-19-27)32-22-13-8-5-7-9-14-25-15-11-12-16-25/h18-21,23-25H,2-17,22H2,1H3. The second kappa shape index (κ2) is 15.0. The molecule has 176 valence electrons. The fraction of sp³-hybridized carbons (Fsp3) is 0.655. The van der Waals surface area contributed by atoms with E-state index in [0.717, 1.165) is 42.5 Å². The predicted octanol–water partition coefficient (Wildman–Crippen LogP) is 8.57. The Morgan fingerprint density at radius 3 is 2.19 bits per heavy atom. The van der Waals surface area contributed by atoms with Gasteiger partial charge in [-0.1, -0.05) is 90.4 Å². The molecule has 2 aromatic rings. The van der Waals surface area contributed by atoms with Gasteiger partial charge in [-0.25, -0.2) is 9.97 Å². The van der Waals surface area contributed by atoms with Crippen molar-refractivity contribution in [1.82, 2.24) is 9.97 Å². The monoisotopic (exact) mass is 436 g/mol. The summed E-state index contributed by atoms with van der Waals surface area (Å²) in [6, 6.07) is 8.22. The molecule has 0 N–H and O–H groups in total. The molecule has 1 aromatic heterocycles. The molecule has 1 heterocycles. The molecule has 0 radical (unpaired) electrons. The average Bonchev–Trinajstić information content (AvgIpc) is 3.35. The first-order valence-electron chi connectivity index (χ1n) is 13.4. The van der Waals surface area contributed by atoms with Gasteiger partial charge >= 0.3 is 0 Å². The molecule has 0 spiro atoms. The van der Waals surface area contributed by atoms with Crippen molar-refractivity contribution >= 4 is 0 Å². The summed E-state index contributed by atoms with van der Waals surface area (Å²) in [5.41, 5.74) is 2.29. The van der Waals surface area contributed by atoms with E-state index in [1.54, 1.807) is 0 Å². The molecule has 3 rings (SSSR count). The van der Waals surface area contributed by atoms with Gasteiger partial charge in [0, 0.05) is 18.0 Å². The van der Waals surface area contributed by atoms with Crippen molar-refractivity contribution in [3.05, 3.63) is 42.2 Å². The van der Waals surface area contributed by atoms with E-state index >= 15 is 0 Å². The summed E-state index contributed by atoms with van der Waals surface area (Å²) in [7, 11) is 0. The summed E-state index contributed by atoms with van der Waals surface area (Å²) in [5, 5.41) is 0. The van der Waals surface area contributed by atoms with Crippen LogP contribution in [0.25, 0.3) is 11.4 Å². The lowest BCUT2D eigenvalue weighted by molar-refractivity contribution is 0.304. The first-order valence-corrected chi connectivity index (χ1v) is 13.4. The summed E-state index contributed by atoms with van der Waals surface area (Å²) in [6.45, 7) is 3.07. The topological polar surface area (TPSA) is 35.0 Å². The minimum Gasteiger partial charge on any atom is -0.494 e. The molecular weight excluding hydrogens is 392 g/mol. The Balaban J connectivity index is 1.27. The normalized spacial score (nSPS) is 14.2. The minimum atomic E-state index is 0.795. The van der Waals surface area contributed by atoms with Gasteiger partial charge in [0.15, 0.2) is 5.82 Å². The summed E-state index contributed by atoms with van der Waals surface area (Å²) in [6.07, 6.45) is 25.5. The second-order valence-electron chi connectivity index (χ2n) is 9.66. The highest BCUT2D eigenvalue weighted by atomic mass is 16.5. The molecule has 0 atom stereocenters. The van der Waals surface area contributed by atoms with E-state index in [4.69, 9.17) is 4.74 Å². The Morgan fingerprint density at radius 1 is 0.781 bits per heavy atom. The van der Waals surface area contributed by atoms with E-state index in [0.29, 0.717) is 0 Å². The van der Waals surface area contributed by atoms with Crippen molar-refractivity contribution in [2.45, 2.75) is 110 Å². The van der Waals surface area contributed by atoms with Crippen molar-refractivity contribution in [3.63, 3.8) is 0 Å². The zero-order valence-corrected chi connectivity index (χ0v) is 20.4. The molecule has 0 amide bonds. The fourth-order valence-corrected chi connectivity index (χ4v) is 4.82. The third kappa shape index (κ3) is 9.30. The van der Waals surface area contributed by atoms with Crippen molar-refractivity contribution in [2.24, 2.45) is 5.92 Å². The van der Waals surface area contributed by atoms with Crippen LogP contribution in [0.1, 0.15) is 109 Å². The second-order valence-corrected chi connectivity index (χ2v) is 9.66. The van der Waals surface area contributed by atoms with Crippen LogP contribution in [0.5, 0.6) is 5.75 Å². The molecule has 1 aliphatic carbocycles. The summed E-state index contributed by atoms with van der Waals surface area (Å²) in [5.74, 6) is 2.78. The van der Waals surface area contributed by atoms with Crippen molar-refractivity contribution in [1.29, 1.82) is 0 Å². The van der Waals surface area contributed by atoms with Crippen LogP contribution in [0.15, 0.2) is 36.7 Å². The molecule has 0 saturated heterocycles. The van der Waals surface area contributed by atoms with E-state index in [-0.39, 0.29) is 0 Å². The van der Waals surface area contributed by atoms with Gasteiger partial charge in [-0.05, 0) is 55.0 Å². The van der Waals surface area contributed by atoms with Gasteiger partial charge in [-0.15, -0.1) is 0 Å². The lowest BCUT2D eigenvalue weighted by Gasteiger charge is -2.09. The maximum absolute atomic E-state index is 5.94. The van der Waals surface area contributed by atoms with E-state index in [9.17, 15) is 0 Å².